The minimum absolute atomic E-state index is 0.261. The highest BCUT2D eigenvalue weighted by atomic mass is 16.4. The lowest BCUT2D eigenvalue weighted by molar-refractivity contribution is -0.142. The van der Waals surface area contributed by atoms with E-state index in [1.54, 1.807) is 4.52 Å². The normalized spacial score (nSPS) is 15.8. The summed E-state index contributed by atoms with van der Waals surface area (Å²) in [4.78, 5) is 22.1. The van der Waals surface area contributed by atoms with E-state index < -0.39 is 5.97 Å². The number of aromatic nitrogens is 4. The number of piperidine rings is 1. The van der Waals surface area contributed by atoms with Crippen LogP contribution in [0.4, 0.5) is 5.82 Å². The average Bonchev–Trinajstić information content (AvgIpc) is 3.10. The Morgan fingerprint density at radius 1 is 1.17 bits per heavy atom. The summed E-state index contributed by atoms with van der Waals surface area (Å²) in [5, 5.41) is 13.4. The number of rotatable bonds is 3. The van der Waals surface area contributed by atoms with Gasteiger partial charge < -0.3 is 10.0 Å². The summed E-state index contributed by atoms with van der Waals surface area (Å²) in [5.41, 5.74) is 1.86. The first-order valence-corrected chi connectivity index (χ1v) is 7.96. The number of carboxylic acids is 1. The number of carboxylic acid groups (broad SMARTS) is 1. The Balaban J connectivity index is 1.72. The van der Waals surface area contributed by atoms with Gasteiger partial charge in [0.05, 0.1) is 11.6 Å². The van der Waals surface area contributed by atoms with E-state index in [0.717, 1.165) is 17.1 Å². The van der Waals surface area contributed by atoms with Crippen molar-refractivity contribution in [3.8, 4) is 11.3 Å². The maximum absolute atomic E-state index is 11.2. The molecule has 0 bridgehead atoms. The van der Waals surface area contributed by atoms with Gasteiger partial charge in [0.1, 0.15) is 12.1 Å². The monoisotopic (exact) mass is 323 g/mol. The zero-order valence-electron chi connectivity index (χ0n) is 13.0. The van der Waals surface area contributed by atoms with Crippen LogP contribution in [0.3, 0.4) is 0 Å². The first-order chi connectivity index (χ1) is 11.7. The number of nitrogens with zero attached hydrogens (tertiary/aromatic N) is 5. The molecule has 0 saturated carbocycles. The molecule has 0 atom stereocenters. The highest BCUT2D eigenvalue weighted by molar-refractivity contribution is 5.71. The van der Waals surface area contributed by atoms with E-state index in [2.05, 4.69) is 20.0 Å². The first kappa shape index (κ1) is 14.6. The van der Waals surface area contributed by atoms with Crippen molar-refractivity contribution in [2.24, 2.45) is 5.92 Å². The SMILES string of the molecule is O=C(O)C1CCN(c2cc(-c3ccccc3)nc3ncnn23)CC1. The molecule has 3 heterocycles. The van der Waals surface area contributed by atoms with Crippen LogP contribution in [0.15, 0.2) is 42.7 Å². The molecule has 1 aromatic carbocycles. The zero-order valence-corrected chi connectivity index (χ0v) is 13.0. The average molecular weight is 323 g/mol. The molecule has 0 spiro atoms. The van der Waals surface area contributed by atoms with Crippen molar-refractivity contribution in [3.63, 3.8) is 0 Å². The molecular formula is C17H17N5O2. The van der Waals surface area contributed by atoms with Crippen molar-refractivity contribution in [1.82, 2.24) is 19.6 Å². The van der Waals surface area contributed by atoms with Gasteiger partial charge in [0.25, 0.3) is 5.78 Å². The van der Waals surface area contributed by atoms with Crippen molar-refractivity contribution in [1.29, 1.82) is 0 Å². The van der Waals surface area contributed by atoms with Crippen LogP contribution in [-0.2, 0) is 4.79 Å². The molecule has 0 aliphatic carbocycles. The summed E-state index contributed by atoms with van der Waals surface area (Å²) in [6.07, 6.45) is 2.76. The summed E-state index contributed by atoms with van der Waals surface area (Å²) in [7, 11) is 0. The second kappa shape index (κ2) is 5.92. The minimum atomic E-state index is -0.708. The van der Waals surface area contributed by atoms with Gasteiger partial charge in [-0.15, -0.1) is 0 Å². The van der Waals surface area contributed by atoms with Crippen LogP contribution >= 0.6 is 0 Å². The lowest BCUT2D eigenvalue weighted by atomic mass is 9.97. The molecule has 24 heavy (non-hydrogen) atoms. The molecule has 1 N–H and O–H groups in total. The highest BCUT2D eigenvalue weighted by Crippen LogP contribution is 2.27. The van der Waals surface area contributed by atoms with Crippen LogP contribution in [0.2, 0.25) is 0 Å². The van der Waals surface area contributed by atoms with Crippen molar-refractivity contribution >= 4 is 17.6 Å². The molecule has 4 rings (SSSR count). The number of benzene rings is 1. The van der Waals surface area contributed by atoms with Gasteiger partial charge in [0, 0.05) is 24.7 Å². The van der Waals surface area contributed by atoms with Gasteiger partial charge in [-0.25, -0.2) is 4.98 Å². The summed E-state index contributed by atoms with van der Waals surface area (Å²) >= 11 is 0. The third-order valence-electron chi connectivity index (χ3n) is 4.47. The van der Waals surface area contributed by atoms with E-state index in [0.29, 0.717) is 31.7 Å². The standard InChI is InChI=1S/C17H17N5O2/c23-16(24)13-6-8-21(9-7-13)15-10-14(12-4-2-1-3-5-12)20-17-18-11-19-22(15)17/h1-5,10-11,13H,6-9H2,(H,23,24). The van der Waals surface area contributed by atoms with Crippen LogP contribution in [0.25, 0.3) is 17.0 Å². The van der Waals surface area contributed by atoms with E-state index in [4.69, 9.17) is 0 Å². The molecule has 2 aromatic heterocycles. The Morgan fingerprint density at radius 2 is 1.92 bits per heavy atom. The lowest BCUT2D eigenvalue weighted by Crippen LogP contribution is -2.37. The third kappa shape index (κ3) is 2.58. The Labute approximate surface area is 138 Å². The maximum Gasteiger partial charge on any atom is 0.306 e. The third-order valence-corrected chi connectivity index (χ3v) is 4.47. The van der Waals surface area contributed by atoms with E-state index >= 15 is 0 Å². The van der Waals surface area contributed by atoms with E-state index in [-0.39, 0.29) is 5.92 Å². The largest absolute Gasteiger partial charge is 0.481 e. The van der Waals surface area contributed by atoms with Crippen LogP contribution in [0.1, 0.15) is 12.8 Å². The number of aliphatic carboxylic acids is 1. The molecule has 1 aliphatic heterocycles. The van der Waals surface area contributed by atoms with Gasteiger partial charge in [-0.1, -0.05) is 30.3 Å². The van der Waals surface area contributed by atoms with Crippen molar-refractivity contribution in [2.45, 2.75) is 12.8 Å². The van der Waals surface area contributed by atoms with Crippen molar-refractivity contribution in [2.75, 3.05) is 18.0 Å². The molecule has 1 saturated heterocycles. The Hall–Kier alpha value is -2.96. The van der Waals surface area contributed by atoms with Crippen molar-refractivity contribution < 1.29 is 9.90 Å². The summed E-state index contributed by atoms with van der Waals surface area (Å²) in [6, 6.07) is 11.9. The summed E-state index contributed by atoms with van der Waals surface area (Å²) in [6.45, 7) is 1.37. The topological polar surface area (TPSA) is 83.6 Å². The van der Waals surface area contributed by atoms with Crippen LogP contribution in [0, 0.1) is 5.92 Å². The van der Waals surface area contributed by atoms with Crippen LogP contribution in [0.5, 0.6) is 0 Å². The van der Waals surface area contributed by atoms with Gasteiger partial charge in [0.15, 0.2) is 0 Å². The number of anilines is 1. The molecule has 122 valence electrons. The van der Waals surface area contributed by atoms with Crippen LogP contribution in [-0.4, -0.2) is 43.7 Å². The van der Waals surface area contributed by atoms with E-state index in [1.165, 1.54) is 6.33 Å². The highest BCUT2D eigenvalue weighted by Gasteiger charge is 2.26. The molecule has 3 aromatic rings. The number of hydrogen-bond acceptors (Lipinski definition) is 5. The van der Waals surface area contributed by atoms with Gasteiger partial charge >= 0.3 is 5.97 Å². The fraction of sp³-hybridized carbons (Fsp3) is 0.294. The minimum Gasteiger partial charge on any atom is -0.481 e. The number of carbonyl (C=O) groups is 1. The van der Waals surface area contributed by atoms with Crippen molar-refractivity contribution in [3.05, 3.63) is 42.7 Å². The lowest BCUT2D eigenvalue weighted by Gasteiger charge is -2.31. The quantitative estimate of drug-likeness (QED) is 0.794. The Morgan fingerprint density at radius 3 is 2.62 bits per heavy atom. The molecule has 1 aliphatic rings. The van der Waals surface area contributed by atoms with Gasteiger partial charge in [0.2, 0.25) is 0 Å². The molecule has 7 heteroatoms. The fourth-order valence-corrected chi connectivity index (χ4v) is 3.13. The second-order valence-corrected chi connectivity index (χ2v) is 5.94. The molecule has 0 radical (unpaired) electrons. The van der Waals surface area contributed by atoms with E-state index in [9.17, 15) is 9.90 Å². The number of hydrogen-bond donors (Lipinski definition) is 1. The second-order valence-electron chi connectivity index (χ2n) is 5.94. The Kier molecular flexibility index (Phi) is 3.60. The first-order valence-electron chi connectivity index (χ1n) is 7.96. The molecule has 1 fully saturated rings. The molecular weight excluding hydrogens is 306 g/mol. The predicted molar refractivity (Wildman–Crippen MR) is 88.8 cm³/mol. The van der Waals surface area contributed by atoms with Gasteiger partial charge in [-0.3, -0.25) is 4.79 Å². The van der Waals surface area contributed by atoms with Gasteiger partial charge in [-0.05, 0) is 12.8 Å². The smallest absolute Gasteiger partial charge is 0.306 e. The molecule has 0 amide bonds. The number of fused-ring (bicyclic) bond motifs is 1. The summed E-state index contributed by atoms with van der Waals surface area (Å²) < 4.78 is 1.72. The predicted octanol–water partition coefficient (Wildman–Crippen LogP) is 2.09. The van der Waals surface area contributed by atoms with Gasteiger partial charge in [-0.2, -0.15) is 14.6 Å². The fourth-order valence-electron chi connectivity index (χ4n) is 3.13. The Bertz CT molecular complexity index is 869. The van der Waals surface area contributed by atoms with E-state index in [1.807, 2.05) is 36.4 Å². The zero-order chi connectivity index (χ0) is 16.5. The summed E-state index contributed by atoms with van der Waals surface area (Å²) in [5.74, 6) is 0.482. The van der Waals surface area contributed by atoms with Crippen LogP contribution < -0.4 is 4.90 Å². The molecule has 0 unspecified atom stereocenters. The molecule has 7 nitrogen and oxygen atoms in total. The maximum atomic E-state index is 11.2.